The summed E-state index contributed by atoms with van der Waals surface area (Å²) in [5, 5.41) is 6.84. The molecule has 0 spiro atoms. The van der Waals surface area contributed by atoms with Gasteiger partial charge < -0.3 is 15.4 Å². The second-order valence-corrected chi connectivity index (χ2v) is 9.10. The highest BCUT2D eigenvalue weighted by molar-refractivity contribution is 5.69. The predicted octanol–water partition coefficient (Wildman–Crippen LogP) is 3.99. The van der Waals surface area contributed by atoms with Crippen molar-refractivity contribution in [3.8, 4) is 0 Å². The fourth-order valence-electron chi connectivity index (χ4n) is 3.68. The number of alkyl carbamates (subject to hydrolysis) is 1. The van der Waals surface area contributed by atoms with Crippen LogP contribution in [0.5, 0.6) is 0 Å². The minimum absolute atomic E-state index is 0.0933. The van der Waals surface area contributed by atoms with Crippen molar-refractivity contribution in [1.29, 1.82) is 0 Å². The van der Waals surface area contributed by atoms with Gasteiger partial charge in [-0.25, -0.2) is 4.79 Å². The first-order chi connectivity index (χ1) is 10.1. The van der Waals surface area contributed by atoms with Crippen molar-refractivity contribution in [2.75, 3.05) is 6.54 Å². The van der Waals surface area contributed by atoms with E-state index in [-0.39, 0.29) is 11.6 Å². The van der Waals surface area contributed by atoms with E-state index < -0.39 is 5.60 Å². The summed E-state index contributed by atoms with van der Waals surface area (Å²) in [4.78, 5) is 12.1. The van der Waals surface area contributed by atoms with Crippen molar-refractivity contribution < 1.29 is 9.53 Å². The van der Waals surface area contributed by atoms with Crippen molar-refractivity contribution in [2.45, 2.75) is 96.7 Å². The van der Waals surface area contributed by atoms with Crippen LogP contribution in [0.1, 0.15) is 79.6 Å². The third-order valence-corrected chi connectivity index (χ3v) is 5.01. The third kappa shape index (κ3) is 5.15. The summed E-state index contributed by atoms with van der Waals surface area (Å²) in [5.41, 5.74) is -0.0823. The molecule has 2 fully saturated rings. The quantitative estimate of drug-likeness (QED) is 0.825. The van der Waals surface area contributed by atoms with Crippen molar-refractivity contribution in [2.24, 2.45) is 5.41 Å². The molecule has 0 radical (unpaired) electrons. The lowest BCUT2D eigenvalue weighted by Gasteiger charge is -2.45. The lowest BCUT2D eigenvalue weighted by molar-refractivity contribution is 0.0372. The second kappa shape index (κ2) is 6.38. The zero-order valence-electron chi connectivity index (χ0n) is 15.1. The normalized spacial score (nSPS) is 26.9. The van der Waals surface area contributed by atoms with Crippen LogP contribution in [-0.2, 0) is 4.74 Å². The Morgan fingerprint density at radius 1 is 1.18 bits per heavy atom. The van der Waals surface area contributed by atoms with Crippen molar-refractivity contribution in [3.05, 3.63) is 0 Å². The van der Waals surface area contributed by atoms with Gasteiger partial charge in [-0.2, -0.15) is 0 Å². The third-order valence-electron chi connectivity index (χ3n) is 5.01. The number of ether oxygens (including phenoxy) is 1. The number of rotatable bonds is 4. The van der Waals surface area contributed by atoms with Crippen LogP contribution in [0.2, 0.25) is 0 Å². The molecule has 0 bridgehead atoms. The molecule has 0 heterocycles. The summed E-state index contributed by atoms with van der Waals surface area (Å²) >= 11 is 0. The van der Waals surface area contributed by atoms with E-state index in [1.54, 1.807) is 0 Å². The molecule has 128 valence electrons. The average Bonchev–Trinajstić information content (AvgIpc) is 2.29. The van der Waals surface area contributed by atoms with E-state index in [0.29, 0.717) is 11.5 Å². The SMILES string of the molecule is CC1(C)CCCC(NCC2(NC(=O)OC(C)(C)C)CCC2)C1. The molecule has 2 N–H and O–H groups in total. The number of carbonyl (C=O) groups is 1. The molecular formula is C18H34N2O2. The summed E-state index contributed by atoms with van der Waals surface area (Å²) in [7, 11) is 0. The van der Waals surface area contributed by atoms with Crippen LogP contribution in [0.4, 0.5) is 4.79 Å². The zero-order valence-corrected chi connectivity index (χ0v) is 15.1. The van der Waals surface area contributed by atoms with Crippen LogP contribution in [0.3, 0.4) is 0 Å². The standard InChI is InChI=1S/C18H34N2O2/c1-16(2,3)22-15(21)20-18(10-7-11-18)13-19-14-8-6-9-17(4,5)12-14/h14,19H,6-13H2,1-5H3,(H,20,21). The van der Waals surface area contributed by atoms with Crippen molar-refractivity contribution in [1.82, 2.24) is 10.6 Å². The van der Waals surface area contributed by atoms with Gasteiger partial charge in [0, 0.05) is 12.6 Å². The summed E-state index contributed by atoms with van der Waals surface area (Å²) in [6, 6.07) is 0.585. The number of hydrogen-bond donors (Lipinski definition) is 2. The molecule has 0 aromatic rings. The molecule has 0 saturated heterocycles. The highest BCUT2D eigenvalue weighted by Crippen LogP contribution is 2.36. The van der Waals surface area contributed by atoms with Crippen LogP contribution in [-0.4, -0.2) is 29.8 Å². The van der Waals surface area contributed by atoms with Gasteiger partial charge in [0.25, 0.3) is 0 Å². The van der Waals surface area contributed by atoms with E-state index in [9.17, 15) is 4.79 Å². The van der Waals surface area contributed by atoms with Crippen LogP contribution < -0.4 is 10.6 Å². The minimum Gasteiger partial charge on any atom is -0.444 e. The molecule has 2 aliphatic rings. The topological polar surface area (TPSA) is 50.4 Å². The van der Waals surface area contributed by atoms with Crippen LogP contribution in [0, 0.1) is 5.41 Å². The van der Waals surface area contributed by atoms with Gasteiger partial charge in [0.05, 0.1) is 5.54 Å². The van der Waals surface area contributed by atoms with Gasteiger partial charge in [-0.05, 0) is 64.7 Å². The lowest BCUT2D eigenvalue weighted by atomic mass is 9.73. The van der Waals surface area contributed by atoms with Crippen molar-refractivity contribution >= 4 is 6.09 Å². The van der Waals surface area contributed by atoms with E-state index in [1.165, 1.54) is 32.1 Å². The summed E-state index contributed by atoms with van der Waals surface area (Å²) in [6.07, 6.45) is 8.13. The number of amides is 1. The van der Waals surface area contributed by atoms with Gasteiger partial charge in [0.2, 0.25) is 0 Å². The Kier molecular flexibility index (Phi) is 5.10. The molecule has 1 atom stereocenters. The fourth-order valence-corrected chi connectivity index (χ4v) is 3.68. The molecule has 2 saturated carbocycles. The molecule has 22 heavy (non-hydrogen) atoms. The Morgan fingerprint density at radius 3 is 2.36 bits per heavy atom. The smallest absolute Gasteiger partial charge is 0.408 e. The summed E-state index contributed by atoms with van der Waals surface area (Å²) in [6.45, 7) is 11.3. The van der Waals surface area contributed by atoms with Gasteiger partial charge in [-0.15, -0.1) is 0 Å². The van der Waals surface area contributed by atoms with Crippen molar-refractivity contribution in [3.63, 3.8) is 0 Å². The van der Waals surface area contributed by atoms with Gasteiger partial charge in [0.1, 0.15) is 5.60 Å². The molecule has 2 rings (SSSR count). The monoisotopic (exact) mass is 310 g/mol. The Morgan fingerprint density at radius 2 is 1.86 bits per heavy atom. The highest BCUT2D eigenvalue weighted by Gasteiger charge is 2.40. The number of hydrogen-bond acceptors (Lipinski definition) is 3. The lowest BCUT2D eigenvalue weighted by Crippen LogP contribution is -2.61. The first kappa shape index (κ1) is 17.6. The van der Waals surface area contributed by atoms with Gasteiger partial charge in [-0.1, -0.05) is 20.3 Å². The van der Waals surface area contributed by atoms with E-state index >= 15 is 0 Å². The number of nitrogens with one attached hydrogen (secondary N) is 2. The molecule has 1 amide bonds. The van der Waals surface area contributed by atoms with Gasteiger partial charge in [0.15, 0.2) is 0 Å². The highest BCUT2D eigenvalue weighted by atomic mass is 16.6. The molecule has 0 aromatic carbocycles. The van der Waals surface area contributed by atoms with E-state index in [2.05, 4.69) is 24.5 Å². The maximum Gasteiger partial charge on any atom is 0.408 e. The van der Waals surface area contributed by atoms with Gasteiger partial charge >= 0.3 is 6.09 Å². The zero-order chi connectivity index (χ0) is 16.4. The Hall–Kier alpha value is -0.770. The summed E-state index contributed by atoms with van der Waals surface area (Å²) < 4.78 is 5.42. The maximum absolute atomic E-state index is 12.1. The Bertz CT molecular complexity index is 394. The minimum atomic E-state index is -0.435. The van der Waals surface area contributed by atoms with E-state index in [0.717, 1.165) is 19.4 Å². The Labute approximate surface area is 135 Å². The molecule has 2 aliphatic carbocycles. The van der Waals surface area contributed by atoms with E-state index in [1.807, 2.05) is 20.8 Å². The van der Waals surface area contributed by atoms with Gasteiger partial charge in [-0.3, -0.25) is 0 Å². The molecule has 0 aliphatic heterocycles. The molecule has 4 heteroatoms. The van der Waals surface area contributed by atoms with Crippen LogP contribution >= 0.6 is 0 Å². The largest absolute Gasteiger partial charge is 0.444 e. The molecule has 4 nitrogen and oxygen atoms in total. The predicted molar refractivity (Wildman–Crippen MR) is 90.0 cm³/mol. The maximum atomic E-state index is 12.1. The molecule has 1 unspecified atom stereocenters. The van der Waals surface area contributed by atoms with Crippen LogP contribution in [0.25, 0.3) is 0 Å². The Balaban J connectivity index is 1.82. The first-order valence-electron chi connectivity index (χ1n) is 8.84. The summed E-state index contributed by atoms with van der Waals surface area (Å²) in [5.74, 6) is 0. The average molecular weight is 310 g/mol. The molecular weight excluding hydrogens is 276 g/mol. The second-order valence-electron chi connectivity index (χ2n) is 9.10. The van der Waals surface area contributed by atoms with Crippen LogP contribution in [0.15, 0.2) is 0 Å². The fraction of sp³-hybridized carbons (Fsp3) is 0.944. The number of carbonyl (C=O) groups excluding carboxylic acids is 1. The first-order valence-corrected chi connectivity index (χ1v) is 8.84. The molecule has 0 aromatic heterocycles. The van der Waals surface area contributed by atoms with E-state index in [4.69, 9.17) is 4.74 Å².